The lowest BCUT2D eigenvalue weighted by Gasteiger charge is -2.35. The van der Waals surface area contributed by atoms with Crippen LogP contribution in [0.4, 0.5) is 0 Å². The largest absolute Gasteiger partial charge is 0.494 e. The lowest BCUT2D eigenvalue weighted by atomic mass is 10.0. The summed E-state index contributed by atoms with van der Waals surface area (Å²) in [5.41, 5.74) is 2.63. The summed E-state index contributed by atoms with van der Waals surface area (Å²) in [6, 6.07) is 7.07. The zero-order chi connectivity index (χ0) is 15.1. The molecule has 118 valence electrons. The Balaban J connectivity index is 1.71. The molecule has 1 unspecified atom stereocenters. The molecule has 21 heavy (non-hydrogen) atoms. The number of hydrogen-bond acceptors (Lipinski definition) is 3. The Bertz CT molecular complexity index is 431. The first-order chi connectivity index (χ1) is 10.2. The van der Waals surface area contributed by atoms with Gasteiger partial charge < -0.3 is 10.1 Å². The number of likely N-dealkylation sites (N-methyl/N-ethyl adjacent to an activating group) is 1. The molecule has 0 bridgehead atoms. The van der Waals surface area contributed by atoms with E-state index in [4.69, 9.17) is 4.74 Å². The third kappa shape index (κ3) is 5.01. The van der Waals surface area contributed by atoms with Crippen molar-refractivity contribution in [3.63, 3.8) is 0 Å². The van der Waals surface area contributed by atoms with Crippen LogP contribution in [0.2, 0.25) is 0 Å². The topological polar surface area (TPSA) is 24.5 Å². The van der Waals surface area contributed by atoms with E-state index in [0.717, 1.165) is 31.9 Å². The minimum absolute atomic E-state index is 0.713. The predicted octanol–water partition coefficient (Wildman–Crippen LogP) is 3.15. The molecule has 0 amide bonds. The van der Waals surface area contributed by atoms with Crippen LogP contribution in [-0.4, -0.2) is 44.2 Å². The second-order valence-corrected chi connectivity index (χ2v) is 6.19. The van der Waals surface area contributed by atoms with Gasteiger partial charge in [0.25, 0.3) is 0 Å². The third-order valence-electron chi connectivity index (χ3n) is 4.53. The Labute approximate surface area is 129 Å². The van der Waals surface area contributed by atoms with Gasteiger partial charge in [0.15, 0.2) is 0 Å². The number of aryl methyl sites for hydroxylation is 2. The lowest BCUT2D eigenvalue weighted by molar-refractivity contribution is 0.137. The molecular weight excluding hydrogens is 260 g/mol. The molecule has 1 fully saturated rings. The molecular formula is C18H30N2O. The van der Waals surface area contributed by atoms with Crippen molar-refractivity contribution in [3.8, 4) is 5.75 Å². The molecule has 0 radical (unpaired) electrons. The van der Waals surface area contributed by atoms with Gasteiger partial charge in [-0.25, -0.2) is 0 Å². The van der Waals surface area contributed by atoms with Crippen molar-refractivity contribution in [1.82, 2.24) is 10.2 Å². The smallest absolute Gasteiger partial charge is 0.119 e. The molecule has 1 N–H and O–H groups in total. The molecule has 3 heteroatoms. The van der Waals surface area contributed by atoms with E-state index in [2.05, 4.69) is 49.3 Å². The summed E-state index contributed by atoms with van der Waals surface area (Å²) in [5, 5.41) is 3.32. The Hall–Kier alpha value is -1.06. The SMILES string of the molecule is CNCC1CCCCN1CCCOc1ccc(C)c(C)c1. The number of piperidine rings is 1. The molecule has 1 saturated heterocycles. The van der Waals surface area contributed by atoms with Crippen molar-refractivity contribution >= 4 is 0 Å². The van der Waals surface area contributed by atoms with E-state index in [1.165, 1.54) is 36.9 Å². The van der Waals surface area contributed by atoms with Crippen LogP contribution in [0.5, 0.6) is 5.75 Å². The van der Waals surface area contributed by atoms with E-state index in [9.17, 15) is 0 Å². The maximum absolute atomic E-state index is 5.89. The molecule has 3 nitrogen and oxygen atoms in total. The van der Waals surface area contributed by atoms with Gasteiger partial charge in [0, 0.05) is 19.1 Å². The van der Waals surface area contributed by atoms with E-state index in [0.29, 0.717) is 6.04 Å². The number of ether oxygens (including phenoxy) is 1. The van der Waals surface area contributed by atoms with E-state index in [-0.39, 0.29) is 0 Å². The zero-order valence-electron chi connectivity index (χ0n) is 13.8. The number of nitrogens with one attached hydrogen (secondary N) is 1. The van der Waals surface area contributed by atoms with Gasteiger partial charge in [-0.1, -0.05) is 12.5 Å². The van der Waals surface area contributed by atoms with Gasteiger partial charge >= 0.3 is 0 Å². The summed E-state index contributed by atoms with van der Waals surface area (Å²) in [7, 11) is 2.05. The van der Waals surface area contributed by atoms with E-state index >= 15 is 0 Å². The first-order valence-corrected chi connectivity index (χ1v) is 8.29. The first kappa shape index (κ1) is 16.3. The second kappa shape index (κ2) is 8.40. The predicted molar refractivity (Wildman–Crippen MR) is 89.2 cm³/mol. The van der Waals surface area contributed by atoms with Crippen LogP contribution in [-0.2, 0) is 0 Å². The highest BCUT2D eigenvalue weighted by Crippen LogP contribution is 2.18. The third-order valence-corrected chi connectivity index (χ3v) is 4.53. The van der Waals surface area contributed by atoms with Gasteiger partial charge in [0.05, 0.1) is 6.61 Å². The van der Waals surface area contributed by atoms with Gasteiger partial charge in [0.1, 0.15) is 5.75 Å². The van der Waals surface area contributed by atoms with Gasteiger partial charge in [-0.2, -0.15) is 0 Å². The molecule has 1 aromatic rings. The maximum atomic E-state index is 5.89. The minimum atomic E-state index is 0.713. The average molecular weight is 290 g/mol. The van der Waals surface area contributed by atoms with Crippen LogP contribution >= 0.6 is 0 Å². The number of hydrogen-bond donors (Lipinski definition) is 1. The highest BCUT2D eigenvalue weighted by molar-refractivity contribution is 5.33. The quantitative estimate of drug-likeness (QED) is 0.781. The molecule has 0 aliphatic carbocycles. The van der Waals surface area contributed by atoms with Crippen LogP contribution in [0.25, 0.3) is 0 Å². The van der Waals surface area contributed by atoms with Crippen LogP contribution in [0.1, 0.15) is 36.8 Å². The second-order valence-electron chi connectivity index (χ2n) is 6.19. The molecule has 1 heterocycles. The van der Waals surface area contributed by atoms with Crippen LogP contribution in [0.15, 0.2) is 18.2 Å². The Morgan fingerprint density at radius 3 is 2.86 bits per heavy atom. The molecule has 1 atom stereocenters. The molecule has 2 rings (SSSR count). The number of likely N-dealkylation sites (tertiary alicyclic amines) is 1. The average Bonchev–Trinajstić information content (AvgIpc) is 2.49. The van der Waals surface area contributed by atoms with Crippen LogP contribution in [0, 0.1) is 13.8 Å². The van der Waals surface area contributed by atoms with Gasteiger partial charge in [0.2, 0.25) is 0 Å². The summed E-state index contributed by atoms with van der Waals surface area (Å²) >= 11 is 0. The molecule has 0 saturated carbocycles. The van der Waals surface area contributed by atoms with Crippen molar-refractivity contribution in [2.75, 3.05) is 33.3 Å². The van der Waals surface area contributed by atoms with E-state index in [1.807, 2.05) is 0 Å². The molecule has 1 aliphatic rings. The lowest BCUT2D eigenvalue weighted by Crippen LogP contribution is -2.45. The Kier molecular flexibility index (Phi) is 6.52. The van der Waals surface area contributed by atoms with Crippen LogP contribution in [0.3, 0.4) is 0 Å². The number of rotatable bonds is 7. The molecule has 1 aromatic carbocycles. The fraction of sp³-hybridized carbons (Fsp3) is 0.667. The first-order valence-electron chi connectivity index (χ1n) is 8.29. The van der Waals surface area contributed by atoms with Gasteiger partial charge in [-0.05, 0) is 70.0 Å². The summed E-state index contributed by atoms with van der Waals surface area (Å²) in [6.07, 6.45) is 5.16. The standard InChI is InChI=1S/C18H30N2O/c1-15-8-9-18(13-16(15)2)21-12-6-11-20-10-5-4-7-17(20)14-19-3/h8-9,13,17,19H,4-7,10-12,14H2,1-3H3. The highest BCUT2D eigenvalue weighted by Gasteiger charge is 2.20. The van der Waals surface area contributed by atoms with E-state index in [1.54, 1.807) is 0 Å². The van der Waals surface area contributed by atoms with Crippen molar-refractivity contribution < 1.29 is 4.74 Å². The molecule has 1 aliphatic heterocycles. The summed E-state index contributed by atoms with van der Waals surface area (Å²) in [6.45, 7) is 8.59. The number of nitrogens with zero attached hydrogens (tertiary/aromatic N) is 1. The summed E-state index contributed by atoms with van der Waals surface area (Å²) < 4.78 is 5.89. The van der Waals surface area contributed by atoms with Crippen molar-refractivity contribution in [2.24, 2.45) is 0 Å². The fourth-order valence-electron chi connectivity index (χ4n) is 3.08. The number of benzene rings is 1. The van der Waals surface area contributed by atoms with Crippen molar-refractivity contribution in [1.29, 1.82) is 0 Å². The Morgan fingerprint density at radius 2 is 2.10 bits per heavy atom. The fourth-order valence-corrected chi connectivity index (χ4v) is 3.08. The van der Waals surface area contributed by atoms with Gasteiger partial charge in [-0.3, -0.25) is 4.90 Å². The molecule has 0 spiro atoms. The summed E-state index contributed by atoms with van der Waals surface area (Å²) in [4.78, 5) is 2.63. The van der Waals surface area contributed by atoms with Gasteiger partial charge in [-0.15, -0.1) is 0 Å². The summed E-state index contributed by atoms with van der Waals surface area (Å²) in [5.74, 6) is 1.00. The Morgan fingerprint density at radius 1 is 1.24 bits per heavy atom. The monoisotopic (exact) mass is 290 g/mol. The van der Waals surface area contributed by atoms with Crippen LogP contribution < -0.4 is 10.1 Å². The van der Waals surface area contributed by atoms with Crippen molar-refractivity contribution in [3.05, 3.63) is 29.3 Å². The minimum Gasteiger partial charge on any atom is -0.494 e. The van der Waals surface area contributed by atoms with Crippen molar-refractivity contribution in [2.45, 2.75) is 45.6 Å². The zero-order valence-corrected chi connectivity index (χ0v) is 13.8. The molecule has 0 aromatic heterocycles. The maximum Gasteiger partial charge on any atom is 0.119 e. The highest BCUT2D eigenvalue weighted by atomic mass is 16.5. The van der Waals surface area contributed by atoms with E-state index < -0.39 is 0 Å². The normalized spacial score (nSPS) is 19.7.